The van der Waals surface area contributed by atoms with Gasteiger partial charge in [0.2, 0.25) is 0 Å². The van der Waals surface area contributed by atoms with Gasteiger partial charge in [0, 0.05) is 5.02 Å². The SMILES string of the molecule is O=C(O)c1ccccc1Cn1c(=O)oc2ccc(Cl)cc21. The smallest absolute Gasteiger partial charge is 0.420 e. The number of nitrogens with zero attached hydrogens (tertiary/aromatic N) is 1. The average molecular weight is 304 g/mol. The van der Waals surface area contributed by atoms with Crippen LogP contribution in [0, 0.1) is 0 Å². The second-order valence-electron chi connectivity index (χ2n) is 4.53. The first kappa shape index (κ1) is 13.5. The van der Waals surface area contributed by atoms with E-state index in [-0.39, 0.29) is 12.1 Å². The molecule has 0 radical (unpaired) electrons. The summed E-state index contributed by atoms with van der Waals surface area (Å²) in [7, 11) is 0. The standard InChI is InChI=1S/C15H10ClNO4/c16-10-5-6-13-12(7-10)17(15(20)21-13)8-9-3-1-2-4-11(9)14(18)19/h1-7H,8H2,(H,18,19). The predicted molar refractivity (Wildman–Crippen MR) is 78.0 cm³/mol. The fraction of sp³-hybridized carbons (Fsp3) is 0.0667. The van der Waals surface area contributed by atoms with Crippen molar-refractivity contribution >= 4 is 28.7 Å². The lowest BCUT2D eigenvalue weighted by atomic mass is 10.1. The molecule has 0 fully saturated rings. The summed E-state index contributed by atoms with van der Waals surface area (Å²) in [6.45, 7) is 0.106. The van der Waals surface area contributed by atoms with Gasteiger partial charge in [-0.15, -0.1) is 0 Å². The summed E-state index contributed by atoms with van der Waals surface area (Å²) in [4.78, 5) is 23.2. The number of carboxylic acid groups (broad SMARTS) is 1. The van der Waals surface area contributed by atoms with Gasteiger partial charge in [-0.1, -0.05) is 29.8 Å². The second-order valence-corrected chi connectivity index (χ2v) is 4.96. The Bertz CT molecular complexity index is 894. The number of carbonyl (C=O) groups is 1. The molecule has 106 valence electrons. The van der Waals surface area contributed by atoms with Gasteiger partial charge in [0.25, 0.3) is 0 Å². The monoisotopic (exact) mass is 303 g/mol. The second kappa shape index (κ2) is 5.10. The Morgan fingerprint density at radius 1 is 1.24 bits per heavy atom. The van der Waals surface area contributed by atoms with Crippen molar-refractivity contribution in [3.63, 3.8) is 0 Å². The molecular formula is C15H10ClNO4. The highest BCUT2D eigenvalue weighted by Gasteiger charge is 2.14. The number of fused-ring (bicyclic) bond motifs is 1. The van der Waals surface area contributed by atoms with Gasteiger partial charge in [-0.05, 0) is 29.8 Å². The Kier molecular flexibility index (Phi) is 3.27. The third-order valence-corrected chi connectivity index (χ3v) is 3.44. The molecular weight excluding hydrogens is 294 g/mol. The number of oxazole rings is 1. The van der Waals surface area contributed by atoms with E-state index in [1.54, 1.807) is 36.4 Å². The first-order valence-electron chi connectivity index (χ1n) is 6.16. The molecule has 6 heteroatoms. The van der Waals surface area contributed by atoms with Crippen LogP contribution in [0.2, 0.25) is 5.02 Å². The van der Waals surface area contributed by atoms with Gasteiger partial charge in [0.05, 0.1) is 17.6 Å². The molecule has 0 aliphatic rings. The number of rotatable bonds is 3. The van der Waals surface area contributed by atoms with Crippen LogP contribution < -0.4 is 5.76 Å². The van der Waals surface area contributed by atoms with Gasteiger partial charge in [0.1, 0.15) is 0 Å². The Labute approximate surface area is 124 Å². The van der Waals surface area contributed by atoms with E-state index >= 15 is 0 Å². The molecule has 0 bridgehead atoms. The summed E-state index contributed by atoms with van der Waals surface area (Å²) in [5.74, 6) is -1.59. The van der Waals surface area contributed by atoms with E-state index in [9.17, 15) is 14.7 Å². The van der Waals surface area contributed by atoms with Crippen LogP contribution in [0.15, 0.2) is 51.7 Å². The largest absolute Gasteiger partial charge is 0.478 e. The molecule has 3 aromatic rings. The lowest BCUT2D eigenvalue weighted by Gasteiger charge is -2.06. The maximum Gasteiger partial charge on any atom is 0.420 e. The molecule has 0 saturated carbocycles. The topological polar surface area (TPSA) is 72.4 Å². The number of aromatic nitrogens is 1. The Morgan fingerprint density at radius 2 is 2.00 bits per heavy atom. The van der Waals surface area contributed by atoms with Gasteiger partial charge in [0.15, 0.2) is 5.58 Å². The minimum absolute atomic E-state index is 0.106. The molecule has 0 aliphatic heterocycles. The molecule has 5 nitrogen and oxygen atoms in total. The summed E-state index contributed by atoms with van der Waals surface area (Å²) in [5, 5.41) is 9.66. The molecule has 0 unspecified atom stereocenters. The van der Waals surface area contributed by atoms with Crippen molar-refractivity contribution in [2.75, 3.05) is 0 Å². The normalized spacial score (nSPS) is 10.9. The van der Waals surface area contributed by atoms with Crippen molar-refractivity contribution in [3.8, 4) is 0 Å². The molecule has 21 heavy (non-hydrogen) atoms. The third-order valence-electron chi connectivity index (χ3n) is 3.21. The van der Waals surface area contributed by atoms with E-state index in [1.165, 1.54) is 10.6 Å². The average Bonchev–Trinajstić information content (AvgIpc) is 2.75. The third kappa shape index (κ3) is 2.43. The molecule has 1 aromatic heterocycles. The van der Waals surface area contributed by atoms with E-state index in [2.05, 4.69) is 0 Å². The van der Waals surface area contributed by atoms with Gasteiger partial charge >= 0.3 is 11.7 Å². The van der Waals surface area contributed by atoms with Crippen LogP contribution >= 0.6 is 11.6 Å². The highest BCUT2D eigenvalue weighted by Crippen LogP contribution is 2.20. The van der Waals surface area contributed by atoms with Crippen molar-refractivity contribution in [1.29, 1.82) is 0 Å². The van der Waals surface area contributed by atoms with Crippen LogP contribution in [-0.4, -0.2) is 15.6 Å². The minimum atomic E-state index is -1.04. The molecule has 1 N–H and O–H groups in total. The van der Waals surface area contributed by atoms with Crippen LogP contribution in [0.5, 0.6) is 0 Å². The predicted octanol–water partition coefficient (Wildman–Crippen LogP) is 2.99. The minimum Gasteiger partial charge on any atom is -0.478 e. The summed E-state index contributed by atoms with van der Waals surface area (Å²) in [6.07, 6.45) is 0. The van der Waals surface area contributed by atoms with E-state index < -0.39 is 11.7 Å². The molecule has 1 heterocycles. The Balaban J connectivity index is 2.15. The zero-order chi connectivity index (χ0) is 15.0. The van der Waals surface area contributed by atoms with Crippen LogP contribution in [0.25, 0.3) is 11.1 Å². The van der Waals surface area contributed by atoms with Gasteiger partial charge < -0.3 is 9.52 Å². The van der Waals surface area contributed by atoms with Gasteiger partial charge in [-0.2, -0.15) is 0 Å². The summed E-state index contributed by atoms with van der Waals surface area (Å²) >= 11 is 5.93. The van der Waals surface area contributed by atoms with Crippen LogP contribution in [-0.2, 0) is 6.54 Å². The fourth-order valence-corrected chi connectivity index (χ4v) is 2.39. The van der Waals surface area contributed by atoms with E-state index in [0.29, 0.717) is 21.7 Å². The molecule has 2 aromatic carbocycles. The lowest BCUT2D eigenvalue weighted by Crippen LogP contribution is -2.16. The molecule has 3 rings (SSSR count). The maximum atomic E-state index is 11.9. The summed E-state index contributed by atoms with van der Waals surface area (Å²) < 4.78 is 6.49. The van der Waals surface area contributed by atoms with Gasteiger partial charge in [-0.3, -0.25) is 4.57 Å². The molecule has 0 atom stereocenters. The fourth-order valence-electron chi connectivity index (χ4n) is 2.22. The summed E-state index contributed by atoms with van der Waals surface area (Å²) in [5.41, 5.74) is 1.63. The number of hydrogen-bond donors (Lipinski definition) is 1. The Hall–Kier alpha value is -2.53. The van der Waals surface area contributed by atoms with Crippen molar-refractivity contribution in [2.45, 2.75) is 6.54 Å². The zero-order valence-corrected chi connectivity index (χ0v) is 11.5. The zero-order valence-electron chi connectivity index (χ0n) is 10.7. The van der Waals surface area contributed by atoms with Crippen LogP contribution in [0.3, 0.4) is 0 Å². The number of hydrogen-bond acceptors (Lipinski definition) is 3. The summed E-state index contributed by atoms with van der Waals surface area (Å²) in [6, 6.07) is 11.4. The van der Waals surface area contributed by atoms with Crippen LogP contribution in [0.1, 0.15) is 15.9 Å². The van der Waals surface area contributed by atoms with Crippen molar-refractivity contribution in [1.82, 2.24) is 4.57 Å². The van der Waals surface area contributed by atoms with Crippen molar-refractivity contribution in [3.05, 3.63) is 69.2 Å². The lowest BCUT2D eigenvalue weighted by molar-refractivity contribution is 0.0695. The van der Waals surface area contributed by atoms with Crippen molar-refractivity contribution < 1.29 is 14.3 Å². The first-order chi connectivity index (χ1) is 10.1. The van der Waals surface area contributed by atoms with Crippen LogP contribution in [0.4, 0.5) is 0 Å². The Morgan fingerprint density at radius 3 is 2.76 bits per heavy atom. The van der Waals surface area contributed by atoms with E-state index in [0.717, 1.165) is 0 Å². The quantitative estimate of drug-likeness (QED) is 0.807. The molecule has 0 aliphatic carbocycles. The number of benzene rings is 2. The molecule has 0 saturated heterocycles. The molecule has 0 spiro atoms. The first-order valence-corrected chi connectivity index (χ1v) is 6.54. The van der Waals surface area contributed by atoms with Gasteiger partial charge in [-0.25, -0.2) is 9.59 Å². The number of halogens is 1. The van der Waals surface area contributed by atoms with Crippen molar-refractivity contribution in [2.24, 2.45) is 0 Å². The van der Waals surface area contributed by atoms with E-state index in [4.69, 9.17) is 16.0 Å². The highest BCUT2D eigenvalue weighted by molar-refractivity contribution is 6.31. The number of aromatic carboxylic acids is 1. The maximum absolute atomic E-state index is 11.9. The highest BCUT2D eigenvalue weighted by atomic mass is 35.5. The molecule has 0 amide bonds. The number of carboxylic acids is 1. The van der Waals surface area contributed by atoms with E-state index in [1.807, 2.05) is 0 Å².